The van der Waals surface area contributed by atoms with E-state index in [-0.39, 0.29) is 28.4 Å². The number of hydrogen-bond acceptors (Lipinski definition) is 4. The van der Waals surface area contributed by atoms with Gasteiger partial charge in [0.05, 0.1) is 16.7 Å². The normalized spacial score (nSPS) is 18.5. The van der Waals surface area contributed by atoms with Crippen molar-refractivity contribution in [2.75, 3.05) is 12.3 Å². The van der Waals surface area contributed by atoms with Crippen LogP contribution in [-0.2, 0) is 25.1 Å². The molecule has 2 aliphatic rings. The van der Waals surface area contributed by atoms with Gasteiger partial charge in [0, 0.05) is 46.5 Å². The monoisotopic (exact) mass is 1060 g/mol. The van der Waals surface area contributed by atoms with Gasteiger partial charge in [-0.25, -0.2) is 0 Å². The van der Waals surface area contributed by atoms with Crippen molar-refractivity contribution in [3.63, 3.8) is 0 Å². The van der Waals surface area contributed by atoms with E-state index in [1.807, 2.05) is 24.3 Å². The molecule has 0 aliphatic carbocycles. The van der Waals surface area contributed by atoms with E-state index in [0.717, 1.165) is 42.8 Å². The summed E-state index contributed by atoms with van der Waals surface area (Å²) in [6.07, 6.45) is 24.1. The standard InChI is InChI=1S/C40H52I3NO6S/c1-38(2,3)32-25-28(26-33(50-32)39(4,5)6)19-13-9-8-10-14-20-31-40(7,22-16-11-15-21-34(45)46)35-30(27-29(41)36(42)37(35)43)44(31)23-17-12-18-24-51(47,48)49/h8-10,13-14,19-20,25-27H,11-12,15-18,21-24H2,1-7H3,(H-,45,46,47,48,49)/p+1/b10-8+,13-9+,20-14+. The van der Waals surface area contributed by atoms with Gasteiger partial charge >= 0.3 is 5.97 Å². The quantitative estimate of drug-likeness (QED) is 0.0427. The highest BCUT2D eigenvalue weighted by molar-refractivity contribution is 14.1. The van der Waals surface area contributed by atoms with Crippen LogP contribution in [0.15, 0.2) is 77.8 Å². The zero-order valence-electron chi connectivity index (χ0n) is 30.9. The summed E-state index contributed by atoms with van der Waals surface area (Å²) in [6.45, 7) is 16.0. The number of allylic oxidation sites excluding steroid dienone is 12. The summed E-state index contributed by atoms with van der Waals surface area (Å²) in [4.78, 5) is 11.2. The van der Waals surface area contributed by atoms with Crippen LogP contribution in [0.5, 0.6) is 0 Å². The molecular formula is C40H53I3NO6S+. The largest absolute Gasteiger partial charge is 0.481 e. The number of nitrogens with zero attached hydrogens (tertiary/aromatic N) is 1. The van der Waals surface area contributed by atoms with Crippen LogP contribution >= 0.6 is 67.8 Å². The van der Waals surface area contributed by atoms with Gasteiger partial charge in [-0.05, 0) is 118 Å². The lowest BCUT2D eigenvalue weighted by molar-refractivity contribution is -0.438. The number of fused-ring (bicyclic) bond motifs is 1. The molecule has 0 bridgehead atoms. The van der Waals surface area contributed by atoms with Gasteiger partial charge in [0.25, 0.3) is 10.1 Å². The van der Waals surface area contributed by atoms with Gasteiger partial charge in [0.15, 0.2) is 5.71 Å². The first-order valence-electron chi connectivity index (χ1n) is 17.5. The molecule has 2 heterocycles. The van der Waals surface area contributed by atoms with E-state index in [4.69, 9.17) is 9.84 Å². The third-order valence-electron chi connectivity index (χ3n) is 8.97. The Labute approximate surface area is 346 Å². The molecule has 1 aromatic carbocycles. The molecule has 1 aromatic rings. The smallest absolute Gasteiger partial charge is 0.303 e. The Kier molecular flexibility index (Phi) is 16.3. The number of ether oxygens (including phenoxy) is 1. The highest BCUT2D eigenvalue weighted by atomic mass is 127. The molecule has 0 saturated carbocycles. The van der Waals surface area contributed by atoms with Crippen molar-refractivity contribution in [2.45, 2.75) is 105 Å². The fourth-order valence-electron chi connectivity index (χ4n) is 6.17. The second-order valence-corrected chi connectivity index (χ2v) is 20.4. The number of carboxylic acid groups (broad SMARTS) is 1. The number of aliphatic carboxylic acids is 1. The van der Waals surface area contributed by atoms with Crippen LogP contribution in [0.1, 0.15) is 105 Å². The van der Waals surface area contributed by atoms with Gasteiger partial charge in [0.2, 0.25) is 5.69 Å². The van der Waals surface area contributed by atoms with Gasteiger partial charge in [-0.15, -0.1) is 0 Å². The molecule has 0 radical (unpaired) electrons. The van der Waals surface area contributed by atoms with Gasteiger partial charge < -0.3 is 9.84 Å². The number of carboxylic acids is 1. The Morgan fingerprint density at radius 3 is 2.04 bits per heavy atom. The maximum absolute atomic E-state index is 11.3. The Bertz CT molecular complexity index is 1750. The van der Waals surface area contributed by atoms with Gasteiger partial charge in [-0.1, -0.05) is 90.8 Å². The summed E-state index contributed by atoms with van der Waals surface area (Å²) < 4.78 is 44.1. The molecule has 0 amide bonds. The van der Waals surface area contributed by atoms with Crippen LogP contribution in [0.4, 0.5) is 5.69 Å². The van der Waals surface area contributed by atoms with Crippen LogP contribution in [0, 0.1) is 21.5 Å². The zero-order valence-corrected chi connectivity index (χ0v) is 38.2. The average molecular weight is 1060 g/mol. The van der Waals surface area contributed by atoms with Crippen LogP contribution in [-0.4, -0.2) is 46.6 Å². The Morgan fingerprint density at radius 1 is 0.863 bits per heavy atom. The molecule has 2 aliphatic heterocycles. The van der Waals surface area contributed by atoms with Crippen molar-refractivity contribution < 1.29 is 32.2 Å². The van der Waals surface area contributed by atoms with Gasteiger partial charge in [-0.3, -0.25) is 9.35 Å². The molecule has 51 heavy (non-hydrogen) atoms. The van der Waals surface area contributed by atoms with Gasteiger partial charge in [-0.2, -0.15) is 13.0 Å². The summed E-state index contributed by atoms with van der Waals surface area (Å²) in [6, 6.07) is 2.25. The van der Waals surface area contributed by atoms with Crippen molar-refractivity contribution >= 4 is 95.3 Å². The highest BCUT2D eigenvalue weighted by Crippen LogP contribution is 2.48. The third kappa shape index (κ3) is 12.9. The summed E-state index contributed by atoms with van der Waals surface area (Å²) in [5.41, 5.74) is 4.23. The van der Waals surface area contributed by atoms with Crippen LogP contribution < -0.4 is 0 Å². The fourth-order valence-corrected chi connectivity index (χ4v) is 9.41. The van der Waals surface area contributed by atoms with Crippen molar-refractivity contribution in [3.05, 3.63) is 94.1 Å². The lowest BCUT2D eigenvalue weighted by Gasteiger charge is -2.32. The van der Waals surface area contributed by atoms with E-state index >= 15 is 0 Å². The molecule has 0 aromatic heterocycles. The predicted molar refractivity (Wildman–Crippen MR) is 234 cm³/mol. The molecule has 0 saturated heterocycles. The number of unbranched alkanes of at least 4 members (excludes halogenated alkanes) is 4. The van der Waals surface area contributed by atoms with Crippen molar-refractivity contribution in [1.82, 2.24) is 0 Å². The number of benzene rings is 1. The second-order valence-electron chi connectivity index (χ2n) is 15.5. The van der Waals surface area contributed by atoms with Crippen LogP contribution in [0.3, 0.4) is 0 Å². The van der Waals surface area contributed by atoms with Crippen molar-refractivity contribution in [2.24, 2.45) is 10.8 Å². The SMILES string of the molecule is CC(C)(C)C1=CC(=C/C=C/C=C/C=C/C2=[N+](CCCCCS(=O)(=O)O)c3cc(I)c(I)c(I)c3C2(C)CCCCCC(=O)O)C=C(C(C)(C)C)O1. The molecule has 0 fully saturated rings. The number of carbonyl (C=O) groups is 1. The summed E-state index contributed by atoms with van der Waals surface area (Å²) >= 11 is 7.30. The first-order chi connectivity index (χ1) is 23.6. The van der Waals surface area contributed by atoms with Crippen molar-refractivity contribution in [1.29, 1.82) is 0 Å². The summed E-state index contributed by atoms with van der Waals surface area (Å²) in [5.74, 6) is 0.917. The Hall–Kier alpha value is -1.30. The lowest BCUT2D eigenvalue weighted by atomic mass is 9.75. The van der Waals surface area contributed by atoms with Crippen molar-refractivity contribution in [3.8, 4) is 0 Å². The van der Waals surface area contributed by atoms with E-state index in [0.29, 0.717) is 25.8 Å². The molecule has 2 N–H and O–H groups in total. The fraction of sp³-hybridized carbons (Fsp3) is 0.500. The summed E-state index contributed by atoms with van der Waals surface area (Å²) in [5, 5.41) is 9.17. The number of halogens is 3. The van der Waals surface area contributed by atoms with Gasteiger partial charge in [0.1, 0.15) is 18.1 Å². The van der Waals surface area contributed by atoms with E-state index in [9.17, 15) is 17.8 Å². The number of hydrogen-bond donors (Lipinski definition) is 2. The minimum absolute atomic E-state index is 0.106. The first-order valence-corrected chi connectivity index (χ1v) is 22.3. The van der Waals surface area contributed by atoms with E-state index in [1.165, 1.54) is 27.7 Å². The minimum Gasteiger partial charge on any atom is -0.481 e. The van der Waals surface area contributed by atoms with E-state index in [1.54, 1.807) is 0 Å². The first kappa shape index (κ1) is 44.1. The van der Waals surface area contributed by atoms with Crippen LogP contribution in [0.25, 0.3) is 0 Å². The van der Waals surface area contributed by atoms with E-state index in [2.05, 4.69) is 157 Å². The maximum atomic E-state index is 11.3. The lowest BCUT2D eigenvalue weighted by Crippen LogP contribution is -2.32. The molecule has 7 nitrogen and oxygen atoms in total. The summed E-state index contributed by atoms with van der Waals surface area (Å²) in [7, 11) is -3.98. The molecule has 0 spiro atoms. The molecule has 3 rings (SSSR count). The second kappa shape index (κ2) is 18.8. The van der Waals surface area contributed by atoms with E-state index < -0.39 is 16.1 Å². The third-order valence-corrected chi connectivity index (χ3v) is 14.9. The Balaban J connectivity index is 1.95. The molecule has 280 valence electrons. The molecule has 1 unspecified atom stereocenters. The minimum atomic E-state index is -3.98. The zero-order chi connectivity index (χ0) is 38.2. The molecule has 1 atom stereocenters. The molecule has 11 heteroatoms. The predicted octanol–water partition coefficient (Wildman–Crippen LogP) is 11.4. The average Bonchev–Trinajstić information content (AvgIpc) is 3.23. The topological polar surface area (TPSA) is 104 Å². The van der Waals surface area contributed by atoms with Crippen LogP contribution in [0.2, 0.25) is 0 Å². The maximum Gasteiger partial charge on any atom is 0.303 e. The molecular weight excluding hydrogens is 1000 g/mol. The Morgan fingerprint density at radius 2 is 1.45 bits per heavy atom. The highest BCUT2D eigenvalue weighted by Gasteiger charge is 2.49. The number of rotatable bonds is 16.